The van der Waals surface area contributed by atoms with Gasteiger partial charge in [-0.3, -0.25) is 0 Å². The molecule has 7 N–H and O–H groups in total. The quantitative estimate of drug-likeness (QED) is 0.0744. The number of H-pyrrole nitrogens is 2. The van der Waals surface area contributed by atoms with Gasteiger partial charge >= 0.3 is 0 Å². The first-order valence-electron chi connectivity index (χ1n) is 18.8. The molecule has 2 atom stereocenters. The zero-order chi connectivity index (χ0) is 41.1. The highest BCUT2D eigenvalue weighted by atomic mass is 79.9. The standard InChI is InChI=1S/C21H23BrN6.C14H8BrClN4.C7H16N2/c1-12-9-25-20(27-13-7-8-21(2,3)26-10-13)28-18(12)15-11-24-19-14(15)5-6-16(23-4)17(19)22;1-7-5-19-14(16)20-12(7)10-6-18-13-9(10)3-2-8(4-17)11(13)15;1-7(2)4-3-6(8)5-9-7/h5-6,9,11,13,24,26H,7-8,10H2,1-3H3,(H,25,27,28);2-3,5-6,18H,1H3;6,9H,3-5,8H2,1-2H3/t13-;;6-/m0.0/s1. The largest absolute Gasteiger partial charge is 0.361 e. The summed E-state index contributed by atoms with van der Waals surface area (Å²) >= 11 is 12.9. The van der Waals surface area contributed by atoms with Crippen LogP contribution in [0.5, 0.6) is 0 Å². The van der Waals surface area contributed by atoms with Gasteiger partial charge in [-0.05, 0) is 112 Å². The lowest BCUT2D eigenvalue weighted by atomic mass is 9.91. The van der Waals surface area contributed by atoms with E-state index in [-0.39, 0.29) is 10.8 Å². The van der Waals surface area contributed by atoms with Crippen molar-refractivity contribution in [2.45, 2.75) is 90.4 Å². The van der Waals surface area contributed by atoms with E-state index in [1.165, 1.54) is 12.8 Å². The first-order chi connectivity index (χ1) is 27.1. The number of piperidine rings is 2. The van der Waals surface area contributed by atoms with Crippen molar-refractivity contribution >= 4 is 76.9 Å². The van der Waals surface area contributed by atoms with Gasteiger partial charge in [-0.15, -0.1) is 0 Å². The molecule has 4 aromatic heterocycles. The second-order valence-electron chi connectivity index (χ2n) is 15.9. The van der Waals surface area contributed by atoms with Crippen LogP contribution in [0.15, 0.2) is 58.0 Å². The van der Waals surface area contributed by atoms with Crippen molar-refractivity contribution in [3.8, 4) is 28.6 Å². The number of aryl methyl sites for hydroxylation is 2. The molecule has 2 aromatic carbocycles. The Balaban J connectivity index is 0.000000164. The highest BCUT2D eigenvalue weighted by Gasteiger charge is 2.27. The molecule has 0 unspecified atom stereocenters. The number of benzene rings is 2. The number of aromatic amines is 2. The minimum absolute atomic E-state index is 0.194. The van der Waals surface area contributed by atoms with Crippen LogP contribution in [-0.2, 0) is 0 Å². The number of fused-ring (bicyclic) bond motifs is 2. The molecule has 6 aromatic rings. The predicted molar refractivity (Wildman–Crippen MR) is 238 cm³/mol. The predicted octanol–water partition coefficient (Wildman–Crippen LogP) is 9.89. The van der Waals surface area contributed by atoms with Crippen LogP contribution in [0, 0.1) is 31.8 Å². The van der Waals surface area contributed by atoms with E-state index >= 15 is 0 Å². The Morgan fingerprint density at radius 2 is 1.44 bits per heavy atom. The van der Waals surface area contributed by atoms with Gasteiger partial charge < -0.3 is 31.7 Å². The Morgan fingerprint density at radius 3 is 2.00 bits per heavy atom. The normalized spacial score (nSPS) is 18.4. The molecule has 57 heavy (non-hydrogen) atoms. The Labute approximate surface area is 355 Å². The van der Waals surface area contributed by atoms with Crippen molar-refractivity contribution in [2.75, 3.05) is 18.4 Å². The molecule has 296 valence electrons. The number of aromatic nitrogens is 6. The Hall–Kier alpha value is -4.41. The zero-order valence-corrected chi connectivity index (χ0v) is 36.8. The van der Waals surface area contributed by atoms with E-state index in [0.29, 0.717) is 34.8 Å². The van der Waals surface area contributed by atoms with E-state index in [1.54, 1.807) is 12.3 Å². The lowest BCUT2D eigenvalue weighted by molar-refractivity contribution is 0.281. The molecule has 0 saturated carbocycles. The van der Waals surface area contributed by atoms with Crippen LogP contribution in [0.25, 0.3) is 49.2 Å². The number of hydrogen-bond donors (Lipinski definition) is 6. The third-order valence-electron chi connectivity index (χ3n) is 10.5. The van der Waals surface area contributed by atoms with E-state index < -0.39 is 0 Å². The van der Waals surface area contributed by atoms with E-state index in [0.717, 1.165) is 90.3 Å². The summed E-state index contributed by atoms with van der Waals surface area (Å²) in [7, 11) is 0. The topological polar surface area (TPSA) is 173 Å². The molecule has 2 aliphatic rings. The van der Waals surface area contributed by atoms with Gasteiger partial charge in [0, 0.05) is 92.9 Å². The van der Waals surface area contributed by atoms with E-state index in [9.17, 15) is 0 Å². The van der Waals surface area contributed by atoms with Gasteiger partial charge in [0.15, 0.2) is 0 Å². The molecular formula is C42H47Br2ClN12. The van der Waals surface area contributed by atoms with Gasteiger partial charge in [-0.25, -0.2) is 24.8 Å². The second-order valence-corrected chi connectivity index (χ2v) is 17.8. The Kier molecular flexibility index (Phi) is 13.0. The number of halogens is 3. The average molecular weight is 915 g/mol. The van der Waals surface area contributed by atoms with Crippen molar-refractivity contribution in [1.29, 1.82) is 5.26 Å². The summed E-state index contributed by atoms with van der Waals surface area (Å²) in [6.07, 6.45) is 12.0. The zero-order valence-electron chi connectivity index (χ0n) is 32.9. The summed E-state index contributed by atoms with van der Waals surface area (Å²) in [6, 6.07) is 10.3. The van der Waals surface area contributed by atoms with Crippen LogP contribution in [-0.4, -0.2) is 66.2 Å². The maximum atomic E-state index is 9.05. The number of anilines is 1. The molecule has 2 aliphatic heterocycles. The van der Waals surface area contributed by atoms with Gasteiger partial charge in [0.05, 0.1) is 33.5 Å². The summed E-state index contributed by atoms with van der Waals surface area (Å²) in [5, 5.41) is 21.7. The van der Waals surface area contributed by atoms with Crippen molar-refractivity contribution < 1.29 is 0 Å². The van der Waals surface area contributed by atoms with Crippen LogP contribution < -0.4 is 21.7 Å². The molecule has 6 heterocycles. The highest BCUT2D eigenvalue weighted by molar-refractivity contribution is 9.11. The Bertz CT molecular complexity index is 2470. The molecule has 12 nitrogen and oxygen atoms in total. The fraction of sp³-hybridized carbons (Fsp3) is 0.381. The Morgan fingerprint density at radius 1 is 0.860 bits per heavy atom. The van der Waals surface area contributed by atoms with Gasteiger partial charge in [0.25, 0.3) is 0 Å². The SMILES string of the molecule is CC1(C)CC[C@H](N)CN1.Cc1cnc(Cl)nc1-c1c[nH]c2c(Br)c(C#N)ccc12.[C-]#[N+]c1ccc2c(-c3nc(N[C@H]4CCC(C)(C)NC4)ncc3C)c[nH]c2c1Br. The van der Waals surface area contributed by atoms with Crippen LogP contribution >= 0.6 is 43.5 Å². The van der Waals surface area contributed by atoms with Gasteiger partial charge in [0.1, 0.15) is 6.07 Å². The maximum Gasteiger partial charge on any atom is 0.223 e. The molecule has 2 saturated heterocycles. The van der Waals surface area contributed by atoms with Crippen molar-refractivity contribution in [3.63, 3.8) is 0 Å². The van der Waals surface area contributed by atoms with Crippen molar-refractivity contribution in [2.24, 2.45) is 5.73 Å². The molecular weight excluding hydrogens is 868 g/mol. The minimum atomic E-state index is 0.194. The third-order valence-corrected chi connectivity index (χ3v) is 12.3. The fourth-order valence-corrected chi connectivity index (χ4v) is 8.16. The summed E-state index contributed by atoms with van der Waals surface area (Å²) in [5.41, 5.74) is 14.8. The first-order valence-corrected chi connectivity index (χ1v) is 20.8. The summed E-state index contributed by atoms with van der Waals surface area (Å²) in [4.78, 5) is 27.6. The first kappa shape index (κ1) is 42.2. The summed E-state index contributed by atoms with van der Waals surface area (Å²) < 4.78 is 1.54. The second kappa shape index (κ2) is 17.6. The molecule has 0 bridgehead atoms. The number of hydrogen-bond acceptors (Lipinski definition) is 9. The highest BCUT2D eigenvalue weighted by Crippen LogP contribution is 2.38. The average Bonchev–Trinajstić information content (AvgIpc) is 3.82. The fourth-order valence-electron chi connectivity index (χ4n) is 6.93. The van der Waals surface area contributed by atoms with E-state index in [4.69, 9.17) is 34.2 Å². The maximum absolute atomic E-state index is 9.05. The van der Waals surface area contributed by atoms with Gasteiger partial charge in [-0.2, -0.15) is 5.26 Å². The number of rotatable bonds is 4. The van der Waals surface area contributed by atoms with Gasteiger partial charge in [-0.1, -0.05) is 34.1 Å². The van der Waals surface area contributed by atoms with Gasteiger partial charge in [0.2, 0.25) is 16.9 Å². The molecule has 0 radical (unpaired) electrons. The van der Waals surface area contributed by atoms with Crippen LogP contribution in [0.4, 0.5) is 11.6 Å². The monoisotopic (exact) mass is 912 g/mol. The van der Waals surface area contributed by atoms with Crippen LogP contribution in [0.3, 0.4) is 0 Å². The lowest BCUT2D eigenvalue weighted by Crippen LogP contribution is -2.51. The molecule has 15 heteroatoms. The summed E-state index contributed by atoms with van der Waals surface area (Å²) in [6.45, 7) is 22.0. The lowest BCUT2D eigenvalue weighted by Gasteiger charge is -2.36. The third kappa shape index (κ3) is 9.83. The molecule has 8 rings (SSSR count). The smallest absolute Gasteiger partial charge is 0.223 e. The van der Waals surface area contributed by atoms with Crippen LogP contribution in [0.1, 0.15) is 70.1 Å². The van der Waals surface area contributed by atoms with Crippen LogP contribution in [0.2, 0.25) is 5.28 Å². The molecule has 0 amide bonds. The number of nitriles is 1. The number of nitrogens with two attached hydrogens (primary N) is 1. The molecule has 0 spiro atoms. The minimum Gasteiger partial charge on any atom is -0.361 e. The number of nitrogens with one attached hydrogen (secondary N) is 5. The molecule has 0 aliphatic carbocycles. The molecule has 2 fully saturated rings. The van der Waals surface area contributed by atoms with E-state index in [1.807, 2.05) is 50.6 Å². The van der Waals surface area contributed by atoms with Crippen molar-refractivity contribution in [3.05, 3.63) is 91.4 Å². The van der Waals surface area contributed by atoms with Crippen molar-refractivity contribution in [1.82, 2.24) is 40.5 Å². The van der Waals surface area contributed by atoms with E-state index in [2.05, 4.69) is 111 Å². The number of nitrogens with zero attached hydrogens (tertiary/aromatic N) is 6. The summed E-state index contributed by atoms with van der Waals surface area (Å²) in [5.74, 6) is 0.651.